The van der Waals surface area contributed by atoms with Crippen LogP contribution in [0.15, 0.2) is 71.6 Å². The van der Waals surface area contributed by atoms with Gasteiger partial charge in [0, 0.05) is 11.3 Å². The Kier molecular flexibility index (Phi) is 5.51. The molecule has 0 saturated carbocycles. The number of carbonyl (C=O) groups is 1. The van der Waals surface area contributed by atoms with Gasteiger partial charge in [-0.05, 0) is 67.8 Å². The minimum Gasteiger partial charge on any atom is -0.322 e. The second-order valence-corrected chi connectivity index (χ2v) is 8.38. The van der Waals surface area contributed by atoms with E-state index in [2.05, 4.69) is 10.0 Å². The van der Waals surface area contributed by atoms with Gasteiger partial charge in [0.05, 0.1) is 10.6 Å². The molecule has 0 saturated heterocycles. The van der Waals surface area contributed by atoms with Crippen LogP contribution in [0.5, 0.6) is 0 Å². The zero-order chi connectivity index (χ0) is 20.3. The molecule has 0 heterocycles. The fourth-order valence-corrected chi connectivity index (χ4v) is 4.19. The van der Waals surface area contributed by atoms with Crippen molar-refractivity contribution < 1.29 is 13.2 Å². The maximum Gasteiger partial charge on any atom is 0.262 e. The Morgan fingerprint density at radius 1 is 0.821 bits per heavy atom. The maximum atomic E-state index is 13.0. The van der Waals surface area contributed by atoms with Gasteiger partial charge < -0.3 is 5.32 Å². The third-order valence-electron chi connectivity index (χ3n) is 4.41. The van der Waals surface area contributed by atoms with Crippen molar-refractivity contribution in [3.63, 3.8) is 0 Å². The van der Waals surface area contributed by atoms with Crippen LogP contribution in [-0.4, -0.2) is 14.3 Å². The van der Waals surface area contributed by atoms with Crippen LogP contribution >= 0.6 is 0 Å². The standard InChI is InChI=1S/C22H22N2O3S/c1-15-9-10-16(2)20(13-15)24-28(26,27)21-14-18(12-11-17(21)3)22(25)23-19-7-5-4-6-8-19/h4-14,24H,1-3H3,(H,23,25). The van der Waals surface area contributed by atoms with Gasteiger partial charge in [-0.2, -0.15) is 0 Å². The summed E-state index contributed by atoms with van der Waals surface area (Å²) in [5.41, 5.74) is 3.79. The highest BCUT2D eigenvalue weighted by Crippen LogP contribution is 2.24. The van der Waals surface area contributed by atoms with Crippen LogP contribution in [0.4, 0.5) is 11.4 Å². The van der Waals surface area contributed by atoms with Crippen LogP contribution in [0.1, 0.15) is 27.0 Å². The molecule has 3 rings (SSSR count). The summed E-state index contributed by atoms with van der Waals surface area (Å²) in [6, 6.07) is 19.3. The van der Waals surface area contributed by atoms with Gasteiger partial charge in [-0.15, -0.1) is 0 Å². The molecule has 0 fully saturated rings. The number of amides is 1. The molecule has 0 aromatic heterocycles. The lowest BCUT2D eigenvalue weighted by atomic mass is 10.1. The SMILES string of the molecule is Cc1ccc(C)c(NS(=O)(=O)c2cc(C(=O)Nc3ccccc3)ccc2C)c1. The normalized spacial score (nSPS) is 11.1. The van der Waals surface area contributed by atoms with E-state index in [0.29, 0.717) is 16.9 Å². The molecule has 5 nitrogen and oxygen atoms in total. The summed E-state index contributed by atoms with van der Waals surface area (Å²) in [5.74, 6) is -0.366. The molecule has 1 amide bonds. The van der Waals surface area contributed by atoms with E-state index in [-0.39, 0.29) is 16.4 Å². The van der Waals surface area contributed by atoms with Gasteiger partial charge in [0.2, 0.25) is 0 Å². The summed E-state index contributed by atoms with van der Waals surface area (Å²) in [5, 5.41) is 2.77. The topological polar surface area (TPSA) is 75.3 Å². The predicted molar refractivity (Wildman–Crippen MR) is 112 cm³/mol. The van der Waals surface area contributed by atoms with Crippen LogP contribution in [0.2, 0.25) is 0 Å². The molecular formula is C22H22N2O3S. The zero-order valence-electron chi connectivity index (χ0n) is 16.0. The minimum atomic E-state index is -3.84. The van der Waals surface area contributed by atoms with E-state index in [1.165, 1.54) is 6.07 Å². The summed E-state index contributed by atoms with van der Waals surface area (Å²) >= 11 is 0. The molecular weight excluding hydrogens is 372 g/mol. The van der Waals surface area contributed by atoms with E-state index in [9.17, 15) is 13.2 Å². The first-order chi connectivity index (χ1) is 13.3. The van der Waals surface area contributed by atoms with Crippen molar-refractivity contribution in [2.24, 2.45) is 0 Å². The largest absolute Gasteiger partial charge is 0.322 e. The number of hydrogen-bond acceptors (Lipinski definition) is 3. The Morgan fingerprint density at radius 3 is 2.21 bits per heavy atom. The van der Waals surface area contributed by atoms with E-state index in [0.717, 1.165) is 11.1 Å². The van der Waals surface area contributed by atoms with Crippen LogP contribution in [0.3, 0.4) is 0 Å². The molecule has 0 aliphatic rings. The highest BCUT2D eigenvalue weighted by Gasteiger charge is 2.20. The fourth-order valence-electron chi connectivity index (χ4n) is 2.80. The number of sulfonamides is 1. The first kappa shape index (κ1) is 19.6. The van der Waals surface area contributed by atoms with Crippen molar-refractivity contribution in [3.8, 4) is 0 Å². The zero-order valence-corrected chi connectivity index (χ0v) is 16.8. The van der Waals surface area contributed by atoms with Gasteiger partial charge in [0.25, 0.3) is 15.9 Å². The number of rotatable bonds is 5. The molecule has 28 heavy (non-hydrogen) atoms. The van der Waals surface area contributed by atoms with Crippen molar-refractivity contribution in [3.05, 3.63) is 89.0 Å². The number of carbonyl (C=O) groups excluding carboxylic acids is 1. The Labute approximate surface area is 165 Å². The first-order valence-corrected chi connectivity index (χ1v) is 10.3. The van der Waals surface area contributed by atoms with Gasteiger partial charge in [-0.1, -0.05) is 36.4 Å². The van der Waals surface area contributed by atoms with Gasteiger partial charge in [-0.3, -0.25) is 9.52 Å². The number of nitrogens with one attached hydrogen (secondary N) is 2. The highest BCUT2D eigenvalue weighted by atomic mass is 32.2. The number of anilines is 2. The number of aryl methyl sites for hydroxylation is 3. The Bertz CT molecular complexity index is 1120. The average molecular weight is 394 g/mol. The molecule has 0 bridgehead atoms. The number of hydrogen-bond donors (Lipinski definition) is 2. The molecule has 0 aliphatic heterocycles. The third-order valence-corrected chi connectivity index (χ3v) is 5.92. The monoisotopic (exact) mass is 394 g/mol. The first-order valence-electron chi connectivity index (χ1n) is 8.83. The molecule has 6 heteroatoms. The van der Waals surface area contributed by atoms with E-state index in [1.54, 1.807) is 37.3 Å². The molecule has 3 aromatic carbocycles. The lowest BCUT2D eigenvalue weighted by molar-refractivity contribution is 0.102. The van der Waals surface area contributed by atoms with Crippen molar-refractivity contribution in [1.29, 1.82) is 0 Å². The molecule has 0 unspecified atom stereocenters. The van der Waals surface area contributed by atoms with Crippen LogP contribution < -0.4 is 10.0 Å². The summed E-state index contributed by atoms with van der Waals surface area (Å²) in [6.07, 6.45) is 0. The van der Waals surface area contributed by atoms with Gasteiger partial charge >= 0.3 is 0 Å². The van der Waals surface area contributed by atoms with Crippen LogP contribution in [0.25, 0.3) is 0 Å². The van der Waals surface area contributed by atoms with Gasteiger partial charge in [0.15, 0.2) is 0 Å². The predicted octanol–water partition coefficient (Wildman–Crippen LogP) is 4.66. The van der Waals surface area contributed by atoms with Gasteiger partial charge in [0.1, 0.15) is 0 Å². The number of benzene rings is 3. The molecule has 0 aliphatic carbocycles. The van der Waals surface area contributed by atoms with Crippen LogP contribution in [-0.2, 0) is 10.0 Å². The Hall–Kier alpha value is -3.12. The lowest BCUT2D eigenvalue weighted by Crippen LogP contribution is -2.17. The fraction of sp³-hybridized carbons (Fsp3) is 0.136. The molecule has 0 atom stereocenters. The molecule has 0 spiro atoms. The van der Waals surface area contributed by atoms with Crippen molar-refractivity contribution in [2.75, 3.05) is 10.0 Å². The average Bonchev–Trinajstić information content (AvgIpc) is 2.65. The van der Waals surface area contributed by atoms with E-state index >= 15 is 0 Å². The smallest absolute Gasteiger partial charge is 0.262 e. The Morgan fingerprint density at radius 2 is 1.50 bits per heavy atom. The minimum absolute atomic E-state index is 0.0779. The van der Waals surface area contributed by atoms with Crippen molar-refractivity contribution in [1.82, 2.24) is 0 Å². The maximum absolute atomic E-state index is 13.0. The quantitative estimate of drug-likeness (QED) is 0.661. The molecule has 0 radical (unpaired) electrons. The van der Waals surface area contributed by atoms with Crippen molar-refractivity contribution in [2.45, 2.75) is 25.7 Å². The second kappa shape index (κ2) is 7.86. The van der Waals surface area contributed by atoms with E-state index in [1.807, 2.05) is 44.2 Å². The summed E-state index contributed by atoms with van der Waals surface area (Å²) in [4.78, 5) is 12.6. The highest BCUT2D eigenvalue weighted by molar-refractivity contribution is 7.92. The summed E-state index contributed by atoms with van der Waals surface area (Å²) in [6.45, 7) is 5.45. The van der Waals surface area contributed by atoms with Gasteiger partial charge in [-0.25, -0.2) is 8.42 Å². The number of para-hydroxylation sites is 1. The third kappa shape index (κ3) is 4.40. The Balaban J connectivity index is 1.92. The van der Waals surface area contributed by atoms with E-state index < -0.39 is 10.0 Å². The lowest BCUT2D eigenvalue weighted by Gasteiger charge is -2.14. The van der Waals surface area contributed by atoms with Crippen LogP contribution in [0, 0.1) is 20.8 Å². The van der Waals surface area contributed by atoms with E-state index in [4.69, 9.17) is 0 Å². The summed E-state index contributed by atoms with van der Waals surface area (Å²) in [7, 11) is -3.84. The van der Waals surface area contributed by atoms with Crippen molar-refractivity contribution >= 4 is 27.3 Å². The second-order valence-electron chi connectivity index (χ2n) is 6.72. The summed E-state index contributed by atoms with van der Waals surface area (Å²) < 4.78 is 28.6. The molecule has 3 aromatic rings. The molecule has 144 valence electrons. The molecule has 2 N–H and O–H groups in total.